The van der Waals surface area contributed by atoms with Crippen molar-refractivity contribution in [1.29, 1.82) is 0 Å². The molecule has 0 N–H and O–H groups in total. The Morgan fingerprint density at radius 1 is 1.41 bits per heavy atom. The lowest BCUT2D eigenvalue weighted by Gasteiger charge is -2.38. The van der Waals surface area contributed by atoms with Crippen LogP contribution in [0.15, 0.2) is 11.1 Å². The van der Waals surface area contributed by atoms with Crippen molar-refractivity contribution in [1.82, 2.24) is 0 Å². The maximum absolute atomic E-state index is 12.2. The molecule has 0 heterocycles. The van der Waals surface area contributed by atoms with Gasteiger partial charge in [0.2, 0.25) is 0 Å². The molecule has 0 saturated heterocycles. The SMILES string of the molecule is CCCCC(=O)C1=C(C)[C@@]2(C)CCCCC2C1. The average Bonchev–Trinajstić information content (AvgIpc) is 2.59. The second-order valence-electron chi connectivity index (χ2n) is 6.19. The average molecular weight is 234 g/mol. The summed E-state index contributed by atoms with van der Waals surface area (Å²) in [6.07, 6.45) is 9.36. The summed E-state index contributed by atoms with van der Waals surface area (Å²) in [4.78, 5) is 12.2. The third kappa shape index (κ3) is 2.21. The number of hydrogen-bond acceptors (Lipinski definition) is 1. The first-order valence-electron chi connectivity index (χ1n) is 7.33. The molecule has 1 saturated carbocycles. The van der Waals surface area contributed by atoms with E-state index in [0.717, 1.165) is 31.6 Å². The Hall–Kier alpha value is -0.590. The number of rotatable bonds is 4. The van der Waals surface area contributed by atoms with Crippen molar-refractivity contribution in [2.75, 3.05) is 0 Å². The molecule has 2 rings (SSSR count). The summed E-state index contributed by atoms with van der Waals surface area (Å²) in [5, 5.41) is 0. The van der Waals surface area contributed by atoms with Crippen molar-refractivity contribution in [3.8, 4) is 0 Å². The molecule has 1 fully saturated rings. The summed E-state index contributed by atoms with van der Waals surface area (Å²) in [6.45, 7) is 6.78. The Kier molecular flexibility index (Phi) is 3.75. The molecule has 96 valence electrons. The topological polar surface area (TPSA) is 17.1 Å². The van der Waals surface area contributed by atoms with Crippen LogP contribution in [0.4, 0.5) is 0 Å². The summed E-state index contributed by atoms with van der Waals surface area (Å²) in [5.74, 6) is 1.21. The van der Waals surface area contributed by atoms with Crippen LogP contribution in [0.3, 0.4) is 0 Å². The number of Topliss-reactive ketones (excluding diaryl/α,β-unsaturated/α-hetero) is 1. The van der Waals surface area contributed by atoms with Crippen LogP contribution in [-0.2, 0) is 4.79 Å². The van der Waals surface area contributed by atoms with E-state index in [-0.39, 0.29) is 0 Å². The zero-order chi connectivity index (χ0) is 12.5. The molecule has 1 unspecified atom stereocenters. The summed E-state index contributed by atoms with van der Waals surface area (Å²) in [7, 11) is 0. The first-order chi connectivity index (χ1) is 8.09. The van der Waals surface area contributed by atoms with E-state index in [9.17, 15) is 4.79 Å². The van der Waals surface area contributed by atoms with Crippen molar-refractivity contribution in [3.63, 3.8) is 0 Å². The van der Waals surface area contributed by atoms with E-state index in [1.165, 1.54) is 36.8 Å². The van der Waals surface area contributed by atoms with E-state index in [1.54, 1.807) is 0 Å². The number of ketones is 1. The van der Waals surface area contributed by atoms with E-state index in [1.807, 2.05) is 0 Å². The number of hydrogen-bond donors (Lipinski definition) is 0. The molecule has 0 aliphatic heterocycles. The molecule has 2 atom stereocenters. The van der Waals surface area contributed by atoms with Crippen LogP contribution in [0, 0.1) is 11.3 Å². The van der Waals surface area contributed by atoms with Crippen molar-refractivity contribution >= 4 is 5.78 Å². The minimum absolute atomic E-state index is 0.357. The highest BCUT2D eigenvalue weighted by Gasteiger charge is 2.45. The maximum atomic E-state index is 12.2. The normalized spacial score (nSPS) is 32.8. The molecule has 0 bridgehead atoms. The van der Waals surface area contributed by atoms with Crippen molar-refractivity contribution in [3.05, 3.63) is 11.1 Å². The number of fused-ring (bicyclic) bond motifs is 1. The minimum Gasteiger partial charge on any atom is -0.295 e. The smallest absolute Gasteiger partial charge is 0.158 e. The molecule has 0 aromatic heterocycles. The van der Waals surface area contributed by atoms with Gasteiger partial charge in [-0.15, -0.1) is 0 Å². The van der Waals surface area contributed by atoms with Crippen LogP contribution in [0.25, 0.3) is 0 Å². The predicted molar refractivity (Wildman–Crippen MR) is 71.9 cm³/mol. The standard InChI is InChI=1S/C16H26O/c1-4-5-9-15(17)14-11-13-8-6-7-10-16(13,3)12(14)2/h13H,4-11H2,1-3H3/t13?,16-/m1/s1. The van der Waals surface area contributed by atoms with Gasteiger partial charge in [0.05, 0.1) is 0 Å². The quantitative estimate of drug-likeness (QED) is 0.691. The molecule has 0 spiro atoms. The van der Waals surface area contributed by atoms with E-state index in [4.69, 9.17) is 0 Å². The van der Waals surface area contributed by atoms with Gasteiger partial charge < -0.3 is 0 Å². The lowest BCUT2D eigenvalue weighted by Crippen LogP contribution is -2.27. The van der Waals surface area contributed by atoms with Gasteiger partial charge in [-0.1, -0.05) is 38.7 Å². The molecule has 0 radical (unpaired) electrons. The van der Waals surface area contributed by atoms with Gasteiger partial charge in [0.15, 0.2) is 5.78 Å². The van der Waals surface area contributed by atoms with Gasteiger partial charge in [-0.2, -0.15) is 0 Å². The van der Waals surface area contributed by atoms with E-state index in [2.05, 4.69) is 20.8 Å². The molecule has 0 aromatic carbocycles. The fourth-order valence-electron chi connectivity index (χ4n) is 3.78. The number of unbranched alkanes of at least 4 members (excludes halogenated alkanes) is 1. The van der Waals surface area contributed by atoms with Gasteiger partial charge in [0.1, 0.15) is 0 Å². The summed E-state index contributed by atoms with van der Waals surface area (Å²) in [6, 6.07) is 0. The summed E-state index contributed by atoms with van der Waals surface area (Å²) in [5.41, 5.74) is 2.99. The second kappa shape index (κ2) is 4.96. The molecule has 0 amide bonds. The third-order valence-electron chi connectivity index (χ3n) is 5.25. The molecule has 2 aliphatic carbocycles. The van der Waals surface area contributed by atoms with Crippen LogP contribution >= 0.6 is 0 Å². The zero-order valence-electron chi connectivity index (χ0n) is 11.6. The Morgan fingerprint density at radius 2 is 2.18 bits per heavy atom. The van der Waals surface area contributed by atoms with Gasteiger partial charge >= 0.3 is 0 Å². The molecule has 2 aliphatic rings. The highest BCUT2D eigenvalue weighted by Crippen LogP contribution is 2.55. The van der Waals surface area contributed by atoms with Crippen LogP contribution in [-0.4, -0.2) is 5.78 Å². The van der Waals surface area contributed by atoms with Crippen molar-refractivity contribution < 1.29 is 4.79 Å². The highest BCUT2D eigenvalue weighted by molar-refractivity contribution is 5.96. The van der Waals surface area contributed by atoms with Gasteiger partial charge in [-0.3, -0.25) is 4.79 Å². The first-order valence-corrected chi connectivity index (χ1v) is 7.33. The summed E-state index contributed by atoms with van der Waals surface area (Å²) >= 11 is 0. The Labute approximate surface area is 106 Å². The first kappa shape index (κ1) is 12.9. The Bertz CT molecular complexity index is 339. The van der Waals surface area contributed by atoms with Gasteiger partial charge in [-0.25, -0.2) is 0 Å². The van der Waals surface area contributed by atoms with Crippen LogP contribution in [0.2, 0.25) is 0 Å². The Morgan fingerprint density at radius 3 is 2.82 bits per heavy atom. The highest BCUT2D eigenvalue weighted by atomic mass is 16.1. The lowest BCUT2D eigenvalue weighted by atomic mass is 9.67. The maximum Gasteiger partial charge on any atom is 0.158 e. The largest absolute Gasteiger partial charge is 0.295 e. The summed E-state index contributed by atoms with van der Waals surface area (Å²) < 4.78 is 0. The zero-order valence-corrected chi connectivity index (χ0v) is 11.6. The molecular weight excluding hydrogens is 208 g/mol. The number of carbonyl (C=O) groups is 1. The van der Waals surface area contributed by atoms with Gasteiger partial charge in [0, 0.05) is 6.42 Å². The minimum atomic E-state index is 0.357. The lowest BCUT2D eigenvalue weighted by molar-refractivity contribution is -0.115. The molecule has 1 heteroatoms. The van der Waals surface area contributed by atoms with Crippen molar-refractivity contribution in [2.45, 2.75) is 72.1 Å². The molecule has 0 aromatic rings. The van der Waals surface area contributed by atoms with Gasteiger partial charge in [-0.05, 0) is 49.5 Å². The van der Waals surface area contributed by atoms with Crippen LogP contribution in [0.5, 0.6) is 0 Å². The molecule has 1 nitrogen and oxygen atoms in total. The van der Waals surface area contributed by atoms with Gasteiger partial charge in [0.25, 0.3) is 0 Å². The number of carbonyl (C=O) groups excluding carboxylic acids is 1. The number of allylic oxidation sites excluding steroid dienone is 2. The van der Waals surface area contributed by atoms with Crippen LogP contribution in [0.1, 0.15) is 72.1 Å². The molecular formula is C16H26O. The van der Waals surface area contributed by atoms with E-state index in [0.29, 0.717) is 11.2 Å². The van der Waals surface area contributed by atoms with Crippen LogP contribution < -0.4 is 0 Å². The predicted octanol–water partition coefficient (Wildman–Crippen LogP) is 4.66. The van der Waals surface area contributed by atoms with E-state index >= 15 is 0 Å². The van der Waals surface area contributed by atoms with E-state index < -0.39 is 0 Å². The third-order valence-corrected chi connectivity index (χ3v) is 5.25. The van der Waals surface area contributed by atoms with Crippen molar-refractivity contribution in [2.24, 2.45) is 11.3 Å². The molecule has 17 heavy (non-hydrogen) atoms. The second-order valence-corrected chi connectivity index (χ2v) is 6.19. The Balaban J connectivity index is 2.15. The monoisotopic (exact) mass is 234 g/mol. The fraction of sp³-hybridized carbons (Fsp3) is 0.812. The fourth-order valence-corrected chi connectivity index (χ4v) is 3.78.